The zero-order valence-electron chi connectivity index (χ0n) is 4.52. The third-order valence-corrected chi connectivity index (χ3v) is 0.522. The van der Waals surface area contributed by atoms with Crippen LogP contribution in [-0.2, 0) is 0 Å². The lowest BCUT2D eigenvalue weighted by Crippen LogP contribution is -2.49. The summed E-state index contributed by atoms with van der Waals surface area (Å²) in [6.45, 7) is 0. The lowest BCUT2D eigenvalue weighted by Gasteiger charge is -2.14. The van der Waals surface area contributed by atoms with Crippen LogP contribution in [0.3, 0.4) is 0 Å². The van der Waals surface area contributed by atoms with E-state index in [0.717, 1.165) is 0 Å². The predicted molar refractivity (Wildman–Crippen MR) is 27.6 cm³/mol. The Morgan fingerprint density at radius 3 is 1.78 bits per heavy atom. The van der Waals surface area contributed by atoms with Crippen molar-refractivity contribution in [1.29, 1.82) is 0 Å². The van der Waals surface area contributed by atoms with Gasteiger partial charge in [0.2, 0.25) is 0 Å². The van der Waals surface area contributed by atoms with Gasteiger partial charge in [-0.1, -0.05) is 0 Å². The van der Waals surface area contributed by atoms with Gasteiger partial charge in [-0.25, -0.2) is 5.32 Å². The van der Waals surface area contributed by atoms with E-state index in [4.69, 9.17) is 25.4 Å². The summed E-state index contributed by atoms with van der Waals surface area (Å²) in [6, 6.07) is 0. The molecule has 0 spiro atoms. The van der Waals surface area contributed by atoms with Crippen LogP contribution in [0.25, 0.3) is 0 Å². The first kappa shape index (κ1) is 8.82. The van der Waals surface area contributed by atoms with Crippen molar-refractivity contribution in [3.63, 3.8) is 0 Å². The zero-order valence-corrected chi connectivity index (χ0v) is 4.52. The van der Waals surface area contributed by atoms with Gasteiger partial charge < -0.3 is 25.4 Å². The van der Waals surface area contributed by atoms with Crippen molar-refractivity contribution in [3.8, 4) is 0 Å². The Bertz CT molecular complexity index is 79.5. The zero-order chi connectivity index (χ0) is 7.49. The van der Waals surface area contributed by atoms with Gasteiger partial charge in [-0.15, -0.1) is 0 Å². The van der Waals surface area contributed by atoms with Crippen LogP contribution in [0.1, 0.15) is 0 Å². The van der Waals surface area contributed by atoms with E-state index in [2.05, 4.69) is 0 Å². The molecule has 0 aliphatic heterocycles. The summed E-state index contributed by atoms with van der Waals surface area (Å²) in [6.07, 6.45) is -3.56. The molecule has 54 valence electrons. The second-order valence-corrected chi connectivity index (χ2v) is 1.50. The normalized spacial score (nSPS) is 11.7. The molecule has 9 heavy (non-hydrogen) atoms. The van der Waals surface area contributed by atoms with E-state index < -0.39 is 19.7 Å². The standard InChI is InChI=1S/C2H8BNO5/c5-2(6,7)4-1-3(8)9/h4-9H,1H2. The molecule has 0 aromatic rings. The van der Waals surface area contributed by atoms with Crippen molar-refractivity contribution in [2.45, 2.75) is 6.10 Å². The van der Waals surface area contributed by atoms with E-state index in [1.165, 1.54) is 0 Å². The Morgan fingerprint density at radius 1 is 1.22 bits per heavy atom. The molecule has 0 aliphatic carbocycles. The van der Waals surface area contributed by atoms with E-state index in [1.54, 1.807) is 5.32 Å². The summed E-state index contributed by atoms with van der Waals surface area (Å²) in [5.41, 5.74) is 0. The third kappa shape index (κ3) is 7.82. The Hall–Kier alpha value is -0.175. The molecule has 0 radical (unpaired) electrons. The van der Waals surface area contributed by atoms with Crippen LogP contribution in [0.4, 0.5) is 0 Å². The highest BCUT2D eigenvalue weighted by molar-refractivity contribution is 6.41. The van der Waals surface area contributed by atoms with Gasteiger partial charge in [-0.2, -0.15) is 0 Å². The minimum absolute atomic E-state index is 0.524. The summed E-state index contributed by atoms with van der Waals surface area (Å²) in [7, 11) is -1.73. The van der Waals surface area contributed by atoms with E-state index in [0.29, 0.717) is 0 Å². The van der Waals surface area contributed by atoms with Crippen LogP contribution in [0, 0.1) is 0 Å². The first-order valence-corrected chi connectivity index (χ1v) is 2.20. The average molecular weight is 137 g/mol. The van der Waals surface area contributed by atoms with E-state index >= 15 is 0 Å². The number of nitrogens with one attached hydrogen (secondary N) is 1. The number of hydrogen-bond acceptors (Lipinski definition) is 6. The van der Waals surface area contributed by atoms with Crippen LogP contribution in [0.2, 0.25) is 0 Å². The molecule has 0 bridgehead atoms. The third-order valence-electron chi connectivity index (χ3n) is 0.522. The van der Waals surface area contributed by atoms with E-state index in [1.807, 2.05) is 0 Å². The van der Waals surface area contributed by atoms with Crippen LogP contribution >= 0.6 is 0 Å². The molecule has 0 unspecified atom stereocenters. The Balaban J connectivity index is 3.28. The van der Waals surface area contributed by atoms with Gasteiger partial charge in [0.15, 0.2) is 0 Å². The monoisotopic (exact) mass is 137 g/mol. The highest BCUT2D eigenvalue weighted by Crippen LogP contribution is 1.82. The maximum Gasteiger partial charge on any atom is 0.466 e. The SMILES string of the molecule is OB(O)CNC(O)(O)O. The minimum Gasteiger partial charge on any atom is -0.426 e. The molecule has 6 nitrogen and oxygen atoms in total. The molecule has 7 heteroatoms. The van der Waals surface area contributed by atoms with Crippen LogP contribution in [-0.4, -0.2) is 45.0 Å². The van der Waals surface area contributed by atoms with Crippen molar-refractivity contribution in [2.75, 3.05) is 6.44 Å². The Kier molecular flexibility index (Phi) is 3.05. The maximum atomic E-state index is 8.08. The molecule has 0 fully saturated rings. The first-order chi connectivity index (χ1) is 3.92. The lowest BCUT2D eigenvalue weighted by atomic mass is 9.93. The maximum absolute atomic E-state index is 8.08. The van der Waals surface area contributed by atoms with E-state index in [-0.39, 0.29) is 0 Å². The van der Waals surface area contributed by atoms with Gasteiger partial charge in [-0.3, -0.25) is 0 Å². The number of hydrogen-bond donors (Lipinski definition) is 6. The summed E-state index contributed by atoms with van der Waals surface area (Å²) >= 11 is 0. The number of aliphatic hydroxyl groups is 3. The second kappa shape index (κ2) is 3.11. The van der Waals surface area contributed by atoms with E-state index in [9.17, 15) is 0 Å². The molecule has 0 rings (SSSR count). The first-order valence-electron chi connectivity index (χ1n) is 2.20. The fourth-order valence-electron chi connectivity index (χ4n) is 0.228. The molecular weight excluding hydrogens is 129 g/mol. The van der Waals surface area contributed by atoms with Gasteiger partial charge in [0, 0.05) is 6.44 Å². The largest absolute Gasteiger partial charge is 0.466 e. The fraction of sp³-hybridized carbons (Fsp3) is 1.00. The molecular formula is C2H8BNO5. The Morgan fingerprint density at radius 2 is 1.67 bits per heavy atom. The number of rotatable bonds is 3. The molecule has 0 saturated heterocycles. The minimum atomic E-state index is -3.04. The van der Waals surface area contributed by atoms with Gasteiger partial charge in [-0.05, 0) is 0 Å². The highest BCUT2D eigenvalue weighted by atomic mass is 16.7. The summed E-state index contributed by atoms with van der Waals surface area (Å²) in [4.78, 5) is 0. The van der Waals surface area contributed by atoms with Crippen molar-refractivity contribution < 1.29 is 25.4 Å². The summed E-state index contributed by atoms with van der Waals surface area (Å²) in [5.74, 6) is 0. The second-order valence-electron chi connectivity index (χ2n) is 1.50. The fourth-order valence-corrected chi connectivity index (χ4v) is 0.228. The van der Waals surface area contributed by atoms with Crippen LogP contribution < -0.4 is 5.32 Å². The van der Waals surface area contributed by atoms with Crippen molar-refractivity contribution in [2.24, 2.45) is 0 Å². The van der Waals surface area contributed by atoms with Gasteiger partial charge in [0.25, 0.3) is 0 Å². The Labute approximate surface area is 51.5 Å². The van der Waals surface area contributed by atoms with Gasteiger partial charge >= 0.3 is 13.2 Å². The van der Waals surface area contributed by atoms with Crippen molar-refractivity contribution in [3.05, 3.63) is 0 Å². The van der Waals surface area contributed by atoms with Crippen molar-refractivity contribution in [1.82, 2.24) is 5.32 Å². The lowest BCUT2D eigenvalue weighted by molar-refractivity contribution is -0.329. The quantitative estimate of drug-likeness (QED) is 0.175. The predicted octanol–water partition coefficient (Wildman–Crippen LogP) is -3.82. The van der Waals surface area contributed by atoms with Gasteiger partial charge in [0.05, 0.1) is 0 Å². The van der Waals surface area contributed by atoms with Gasteiger partial charge in [0.1, 0.15) is 0 Å². The molecule has 0 aromatic carbocycles. The molecule has 0 heterocycles. The summed E-state index contributed by atoms with van der Waals surface area (Å²) < 4.78 is 0. The van der Waals surface area contributed by atoms with Crippen LogP contribution in [0.5, 0.6) is 0 Å². The molecule has 6 N–H and O–H groups in total. The molecule has 0 aromatic heterocycles. The topological polar surface area (TPSA) is 113 Å². The smallest absolute Gasteiger partial charge is 0.426 e. The molecule has 0 atom stereocenters. The average Bonchev–Trinajstić information content (AvgIpc) is 1.59. The summed E-state index contributed by atoms with van der Waals surface area (Å²) in [5, 5.41) is 41.9. The van der Waals surface area contributed by atoms with Crippen molar-refractivity contribution >= 4 is 7.12 Å². The van der Waals surface area contributed by atoms with Crippen LogP contribution in [0.15, 0.2) is 0 Å². The molecule has 0 saturated carbocycles. The molecule has 0 aliphatic rings. The molecule has 0 amide bonds. The highest BCUT2D eigenvalue weighted by Gasteiger charge is 2.19.